The fourth-order valence-corrected chi connectivity index (χ4v) is 1.58. The third-order valence-electron chi connectivity index (χ3n) is 2.43. The maximum atomic E-state index is 12.0. The number of esters is 1. The lowest BCUT2D eigenvalue weighted by Gasteiger charge is -2.09. The topological polar surface area (TPSA) is 53.3 Å². The maximum Gasteiger partial charge on any atom is 0.573 e. The van der Waals surface area contributed by atoms with E-state index in [1.54, 1.807) is 6.92 Å². The Bertz CT molecular complexity index is 620. The van der Waals surface area contributed by atoms with Gasteiger partial charge in [-0.2, -0.15) is 5.10 Å². The summed E-state index contributed by atoms with van der Waals surface area (Å²) < 4.78 is 46.0. The van der Waals surface area contributed by atoms with Gasteiger partial charge in [-0.3, -0.25) is 0 Å². The van der Waals surface area contributed by atoms with Gasteiger partial charge in [-0.25, -0.2) is 9.48 Å². The number of nitrogens with zero attached hydrogens (tertiary/aromatic N) is 2. The Kier molecular flexibility index (Phi) is 4.15. The fraction of sp³-hybridized carbons (Fsp3) is 0.231. The lowest BCUT2D eigenvalue weighted by atomic mass is 10.3. The molecular formula is C13H11F3N2O3. The minimum Gasteiger partial charge on any atom is -0.462 e. The molecule has 8 heteroatoms. The highest BCUT2D eigenvalue weighted by molar-refractivity contribution is 5.88. The van der Waals surface area contributed by atoms with Crippen LogP contribution in [0.5, 0.6) is 5.75 Å². The summed E-state index contributed by atoms with van der Waals surface area (Å²) in [6.07, 6.45) is -1.99. The quantitative estimate of drug-likeness (QED) is 0.815. The van der Waals surface area contributed by atoms with Crippen LogP contribution in [0.2, 0.25) is 0 Å². The van der Waals surface area contributed by atoms with Crippen LogP contribution in [-0.2, 0) is 4.74 Å². The van der Waals surface area contributed by atoms with E-state index < -0.39 is 12.3 Å². The molecule has 1 heterocycles. The number of halogens is 3. The van der Waals surface area contributed by atoms with E-state index in [0.717, 1.165) is 12.1 Å². The minimum atomic E-state index is -4.73. The molecule has 0 N–H and O–H groups in total. The Hall–Kier alpha value is -2.51. The van der Waals surface area contributed by atoms with E-state index >= 15 is 0 Å². The Morgan fingerprint density at radius 3 is 2.52 bits per heavy atom. The van der Waals surface area contributed by atoms with Crippen molar-refractivity contribution in [3.8, 4) is 11.4 Å². The number of carbonyl (C=O) groups is 1. The van der Waals surface area contributed by atoms with Crippen LogP contribution in [0.15, 0.2) is 36.7 Å². The first-order chi connectivity index (χ1) is 9.89. The molecule has 0 spiro atoms. The van der Waals surface area contributed by atoms with Crippen molar-refractivity contribution in [3.05, 3.63) is 42.2 Å². The van der Waals surface area contributed by atoms with Crippen molar-refractivity contribution >= 4 is 5.97 Å². The molecule has 21 heavy (non-hydrogen) atoms. The molecule has 2 rings (SSSR count). The molecule has 0 saturated carbocycles. The van der Waals surface area contributed by atoms with E-state index in [4.69, 9.17) is 4.74 Å². The Morgan fingerprint density at radius 1 is 1.29 bits per heavy atom. The van der Waals surface area contributed by atoms with Crippen molar-refractivity contribution in [2.45, 2.75) is 13.3 Å². The SMILES string of the molecule is CCOC(=O)c1cnn(-c2ccc(OC(F)(F)F)cc2)c1. The number of benzene rings is 1. The molecule has 1 aromatic carbocycles. The minimum absolute atomic E-state index is 0.244. The summed E-state index contributed by atoms with van der Waals surface area (Å²) >= 11 is 0. The van der Waals surface area contributed by atoms with Crippen LogP contribution in [0.4, 0.5) is 13.2 Å². The van der Waals surface area contributed by atoms with Gasteiger partial charge in [0.05, 0.1) is 24.1 Å². The molecular weight excluding hydrogens is 289 g/mol. The third kappa shape index (κ3) is 3.98. The summed E-state index contributed by atoms with van der Waals surface area (Å²) in [6, 6.07) is 5.11. The molecule has 0 atom stereocenters. The molecule has 1 aromatic heterocycles. The summed E-state index contributed by atoms with van der Waals surface area (Å²) in [5.41, 5.74) is 0.743. The van der Waals surface area contributed by atoms with Crippen molar-refractivity contribution < 1.29 is 27.4 Å². The summed E-state index contributed by atoms with van der Waals surface area (Å²) in [5, 5.41) is 3.95. The Morgan fingerprint density at radius 2 is 1.95 bits per heavy atom. The number of carbonyl (C=O) groups excluding carboxylic acids is 1. The van der Waals surface area contributed by atoms with E-state index in [1.165, 1.54) is 29.2 Å². The summed E-state index contributed by atoms with van der Waals surface area (Å²) in [4.78, 5) is 11.5. The zero-order chi connectivity index (χ0) is 15.5. The summed E-state index contributed by atoms with van der Waals surface area (Å²) in [6.45, 7) is 1.93. The predicted octanol–water partition coefficient (Wildman–Crippen LogP) is 2.95. The third-order valence-corrected chi connectivity index (χ3v) is 2.43. The summed E-state index contributed by atoms with van der Waals surface area (Å²) in [7, 11) is 0. The lowest BCUT2D eigenvalue weighted by molar-refractivity contribution is -0.274. The maximum absolute atomic E-state index is 12.0. The van der Waals surface area contributed by atoms with Gasteiger partial charge in [-0.15, -0.1) is 13.2 Å². The summed E-state index contributed by atoms with van der Waals surface area (Å²) in [5.74, 6) is -0.843. The second-order valence-corrected chi connectivity index (χ2v) is 3.94. The van der Waals surface area contributed by atoms with Crippen molar-refractivity contribution in [3.63, 3.8) is 0 Å². The largest absolute Gasteiger partial charge is 0.573 e. The molecule has 0 radical (unpaired) electrons. The van der Waals surface area contributed by atoms with Gasteiger partial charge in [-0.05, 0) is 31.2 Å². The average Bonchev–Trinajstić information content (AvgIpc) is 2.87. The molecule has 0 aliphatic rings. The average molecular weight is 300 g/mol. The molecule has 0 bridgehead atoms. The standard InChI is InChI=1S/C13H11F3N2O3/c1-2-20-12(19)9-7-17-18(8-9)10-3-5-11(6-4-10)21-13(14,15)16/h3-8H,2H2,1H3. The fourth-order valence-electron chi connectivity index (χ4n) is 1.58. The van der Waals surface area contributed by atoms with E-state index in [2.05, 4.69) is 9.84 Å². The Labute approximate surface area is 117 Å². The number of aromatic nitrogens is 2. The molecule has 0 fully saturated rings. The van der Waals surface area contributed by atoms with Gasteiger partial charge >= 0.3 is 12.3 Å². The highest BCUT2D eigenvalue weighted by Gasteiger charge is 2.30. The highest BCUT2D eigenvalue weighted by Crippen LogP contribution is 2.23. The van der Waals surface area contributed by atoms with E-state index in [0.29, 0.717) is 5.69 Å². The van der Waals surface area contributed by atoms with E-state index in [1.807, 2.05) is 0 Å². The van der Waals surface area contributed by atoms with Crippen LogP contribution in [-0.4, -0.2) is 28.7 Å². The van der Waals surface area contributed by atoms with Gasteiger partial charge in [-0.1, -0.05) is 0 Å². The molecule has 5 nitrogen and oxygen atoms in total. The second-order valence-electron chi connectivity index (χ2n) is 3.94. The van der Waals surface area contributed by atoms with Crippen LogP contribution in [0.3, 0.4) is 0 Å². The van der Waals surface area contributed by atoms with Gasteiger partial charge < -0.3 is 9.47 Å². The molecule has 112 valence electrons. The smallest absolute Gasteiger partial charge is 0.462 e. The van der Waals surface area contributed by atoms with Gasteiger partial charge in [0.25, 0.3) is 0 Å². The second kappa shape index (κ2) is 5.86. The van der Waals surface area contributed by atoms with Gasteiger partial charge in [0, 0.05) is 6.20 Å². The van der Waals surface area contributed by atoms with Crippen molar-refractivity contribution in [2.75, 3.05) is 6.61 Å². The predicted molar refractivity (Wildman–Crippen MR) is 66.2 cm³/mol. The van der Waals surface area contributed by atoms with Gasteiger partial charge in [0.1, 0.15) is 5.75 Å². The van der Waals surface area contributed by atoms with Crippen LogP contribution in [0.1, 0.15) is 17.3 Å². The van der Waals surface area contributed by atoms with Crippen LogP contribution >= 0.6 is 0 Å². The first kappa shape index (κ1) is 14.9. The number of alkyl halides is 3. The zero-order valence-electron chi connectivity index (χ0n) is 10.9. The molecule has 0 saturated heterocycles. The van der Waals surface area contributed by atoms with Crippen LogP contribution < -0.4 is 4.74 Å². The Balaban J connectivity index is 2.14. The normalized spacial score (nSPS) is 11.2. The monoisotopic (exact) mass is 300 g/mol. The van der Waals surface area contributed by atoms with Gasteiger partial charge in [0.15, 0.2) is 0 Å². The molecule has 0 aliphatic heterocycles. The van der Waals surface area contributed by atoms with Crippen LogP contribution in [0.25, 0.3) is 5.69 Å². The van der Waals surface area contributed by atoms with Crippen molar-refractivity contribution in [1.82, 2.24) is 9.78 Å². The highest BCUT2D eigenvalue weighted by atomic mass is 19.4. The van der Waals surface area contributed by atoms with Crippen LogP contribution in [0, 0.1) is 0 Å². The first-order valence-electron chi connectivity index (χ1n) is 5.97. The number of ether oxygens (including phenoxy) is 2. The van der Waals surface area contributed by atoms with E-state index in [-0.39, 0.29) is 17.9 Å². The van der Waals surface area contributed by atoms with E-state index in [9.17, 15) is 18.0 Å². The number of hydrogen-bond acceptors (Lipinski definition) is 4. The number of hydrogen-bond donors (Lipinski definition) is 0. The molecule has 0 aliphatic carbocycles. The van der Waals surface area contributed by atoms with Crippen molar-refractivity contribution in [2.24, 2.45) is 0 Å². The zero-order valence-corrected chi connectivity index (χ0v) is 10.9. The van der Waals surface area contributed by atoms with Gasteiger partial charge in [0.2, 0.25) is 0 Å². The molecule has 2 aromatic rings. The van der Waals surface area contributed by atoms with Crippen molar-refractivity contribution in [1.29, 1.82) is 0 Å². The lowest BCUT2D eigenvalue weighted by Crippen LogP contribution is -2.17. The first-order valence-corrected chi connectivity index (χ1v) is 5.97. The molecule has 0 amide bonds. The molecule has 0 unspecified atom stereocenters. The number of rotatable bonds is 4.